The zero-order chi connectivity index (χ0) is 11.4. The maximum absolute atomic E-state index is 3.52. The van der Waals surface area contributed by atoms with E-state index in [1.165, 1.54) is 18.5 Å². The molecule has 1 heterocycles. The largest absolute Gasteiger partial charge is 0.315 e. The van der Waals surface area contributed by atoms with Crippen LogP contribution in [0, 0.1) is 0 Å². The summed E-state index contributed by atoms with van der Waals surface area (Å²) in [5.41, 5.74) is 1.42. The van der Waals surface area contributed by atoms with Gasteiger partial charge in [-0.3, -0.25) is 4.90 Å². The van der Waals surface area contributed by atoms with E-state index in [9.17, 15) is 0 Å². The van der Waals surface area contributed by atoms with Crippen LogP contribution in [0.2, 0.25) is 0 Å². The van der Waals surface area contributed by atoms with Crippen molar-refractivity contribution in [2.24, 2.45) is 0 Å². The molecule has 2 nitrogen and oxygen atoms in total. The Bertz CT molecular complexity index is 323. The van der Waals surface area contributed by atoms with Crippen LogP contribution in [0.4, 0.5) is 0 Å². The molecule has 88 valence electrons. The van der Waals surface area contributed by atoms with E-state index >= 15 is 0 Å². The van der Waals surface area contributed by atoms with Crippen molar-refractivity contribution in [2.45, 2.75) is 19.4 Å². The third-order valence-corrected chi connectivity index (χ3v) is 3.77. The zero-order valence-electron chi connectivity index (χ0n) is 9.75. The lowest BCUT2D eigenvalue weighted by molar-refractivity contribution is 0.222. The topological polar surface area (TPSA) is 15.3 Å². The number of benzene rings is 1. The van der Waals surface area contributed by atoms with E-state index in [2.05, 4.69) is 57.3 Å². The van der Waals surface area contributed by atoms with E-state index in [0.717, 1.165) is 24.1 Å². The van der Waals surface area contributed by atoms with Gasteiger partial charge in [0.2, 0.25) is 0 Å². The lowest BCUT2D eigenvalue weighted by atomic mass is 10.1. The summed E-state index contributed by atoms with van der Waals surface area (Å²) < 4.78 is 1.15. The summed E-state index contributed by atoms with van der Waals surface area (Å²) in [5, 5.41) is 3.52. The lowest BCUT2D eigenvalue weighted by Gasteiger charge is -2.28. The second kappa shape index (κ2) is 5.80. The van der Waals surface area contributed by atoms with Crippen LogP contribution >= 0.6 is 15.9 Å². The molecule has 0 aliphatic carbocycles. The van der Waals surface area contributed by atoms with Crippen LogP contribution in [0.3, 0.4) is 0 Å². The normalized spacial score (nSPS) is 23.0. The number of nitrogens with zero attached hydrogens (tertiary/aromatic N) is 1. The van der Waals surface area contributed by atoms with Gasteiger partial charge in [-0.25, -0.2) is 0 Å². The van der Waals surface area contributed by atoms with Crippen molar-refractivity contribution in [1.29, 1.82) is 0 Å². The molecule has 0 spiro atoms. The van der Waals surface area contributed by atoms with E-state index in [-0.39, 0.29) is 0 Å². The third-order valence-electron chi connectivity index (χ3n) is 3.24. The molecule has 1 aromatic rings. The predicted molar refractivity (Wildman–Crippen MR) is 71.6 cm³/mol. The molecule has 1 aliphatic rings. The molecular weight excluding hydrogens is 264 g/mol. The second-order valence-corrected chi connectivity index (χ2v) is 5.17. The molecule has 0 saturated carbocycles. The number of halogens is 1. The van der Waals surface area contributed by atoms with E-state index in [1.807, 2.05) is 0 Å². The molecule has 1 N–H and O–H groups in total. The molecule has 1 fully saturated rings. The molecule has 1 atom stereocenters. The fraction of sp³-hybridized carbons (Fsp3) is 0.538. The van der Waals surface area contributed by atoms with Crippen molar-refractivity contribution in [2.75, 3.05) is 26.2 Å². The van der Waals surface area contributed by atoms with Crippen molar-refractivity contribution in [1.82, 2.24) is 10.2 Å². The predicted octanol–water partition coefficient (Wildman–Crippen LogP) is 2.81. The van der Waals surface area contributed by atoms with Crippen LogP contribution in [0.1, 0.15) is 24.9 Å². The van der Waals surface area contributed by atoms with Gasteiger partial charge in [0.1, 0.15) is 0 Å². The molecule has 3 heteroatoms. The first-order chi connectivity index (χ1) is 7.81. The minimum Gasteiger partial charge on any atom is -0.315 e. The second-order valence-electron chi connectivity index (χ2n) is 4.25. The molecular formula is C13H19BrN2. The third kappa shape index (κ3) is 2.84. The average molecular weight is 283 g/mol. The Morgan fingerprint density at radius 1 is 1.38 bits per heavy atom. The summed E-state index contributed by atoms with van der Waals surface area (Å²) in [6, 6.07) is 9.25. The van der Waals surface area contributed by atoms with Gasteiger partial charge in [0.15, 0.2) is 0 Å². The van der Waals surface area contributed by atoms with E-state index in [1.54, 1.807) is 0 Å². The van der Waals surface area contributed by atoms with Gasteiger partial charge in [-0.1, -0.05) is 35.0 Å². The Balaban J connectivity index is 2.18. The van der Waals surface area contributed by atoms with Gasteiger partial charge in [-0.2, -0.15) is 0 Å². The van der Waals surface area contributed by atoms with Crippen molar-refractivity contribution in [3.8, 4) is 0 Å². The first-order valence-corrected chi connectivity index (χ1v) is 6.81. The summed E-state index contributed by atoms with van der Waals surface area (Å²) in [6.07, 6.45) is 1.25. The van der Waals surface area contributed by atoms with Crippen LogP contribution in [0.15, 0.2) is 28.7 Å². The molecule has 1 aromatic carbocycles. The van der Waals surface area contributed by atoms with Crippen LogP contribution < -0.4 is 5.32 Å². The van der Waals surface area contributed by atoms with Gasteiger partial charge >= 0.3 is 0 Å². The molecule has 0 radical (unpaired) electrons. The monoisotopic (exact) mass is 282 g/mol. The molecule has 1 saturated heterocycles. The number of hydrogen-bond donors (Lipinski definition) is 1. The van der Waals surface area contributed by atoms with Crippen LogP contribution in [0.5, 0.6) is 0 Å². The van der Waals surface area contributed by atoms with Gasteiger partial charge in [-0.05, 0) is 43.8 Å². The highest BCUT2D eigenvalue weighted by Gasteiger charge is 2.20. The number of hydrogen-bond acceptors (Lipinski definition) is 2. The van der Waals surface area contributed by atoms with Crippen LogP contribution in [-0.2, 0) is 0 Å². The number of likely N-dealkylation sites (N-methyl/N-ethyl adjacent to an activating group) is 1. The van der Waals surface area contributed by atoms with Crippen molar-refractivity contribution >= 4 is 15.9 Å². The maximum atomic E-state index is 3.52. The van der Waals surface area contributed by atoms with E-state index in [4.69, 9.17) is 0 Å². The highest BCUT2D eigenvalue weighted by atomic mass is 79.9. The summed E-state index contributed by atoms with van der Waals surface area (Å²) in [4.78, 5) is 2.56. The zero-order valence-corrected chi connectivity index (χ0v) is 11.3. The van der Waals surface area contributed by atoms with Crippen molar-refractivity contribution in [3.63, 3.8) is 0 Å². The van der Waals surface area contributed by atoms with E-state index in [0.29, 0.717) is 6.04 Å². The molecule has 16 heavy (non-hydrogen) atoms. The Hall–Kier alpha value is -0.380. The Morgan fingerprint density at radius 2 is 2.12 bits per heavy atom. The van der Waals surface area contributed by atoms with Gasteiger partial charge in [0.05, 0.1) is 0 Å². The summed E-state index contributed by atoms with van der Waals surface area (Å²) in [6.45, 7) is 6.78. The van der Waals surface area contributed by atoms with Gasteiger partial charge in [0.25, 0.3) is 0 Å². The Labute approximate surface area is 106 Å². The summed E-state index contributed by atoms with van der Waals surface area (Å²) in [5.74, 6) is 0. The SMILES string of the molecule is CCN1CCCNCC1c1ccc(Br)cc1. The maximum Gasteiger partial charge on any atom is 0.0472 e. The van der Waals surface area contributed by atoms with Gasteiger partial charge < -0.3 is 5.32 Å². The molecule has 2 rings (SSSR count). The highest BCUT2D eigenvalue weighted by Crippen LogP contribution is 2.23. The first kappa shape index (κ1) is 12.1. The van der Waals surface area contributed by atoms with E-state index < -0.39 is 0 Å². The quantitative estimate of drug-likeness (QED) is 0.898. The fourth-order valence-corrected chi connectivity index (χ4v) is 2.59. The Morgan fingerprint density at radius 3 is 2.81 bits per heavy atom. The molecule has 0 aromatic heterocycles. The molecule has 1 unspecified atom stereocenters. The van der Waals surface area contributed by atoms with Crippen molar-refractivity contribution < 1.29 is 0 Å². The standard InChI is InChI=1S/C13H19BrN2/c1-2-16-9-3-8-15-10-13(16)11-4-6-12(14)7-5-11/h4-7,13,15H,2-3,8-10H2,1H3. The minimum absolute atomic E-state index is 0.528. The fourth-order valence-electron chi connectivity index (χ4n) is 2.32. The molecule has 1 aliphatic heterocycles. The minimum atomic E-state index is 0.528. The van der Waals surface area contributed by atoms with Gasteiger partial charge in [-0.15, -0.1) is 0 Å². The lowest BCUT2D eigenvalue weighted by Crippen LogP contribution is -2.32. The van der Waals surface area contributed by atoms with Crippen LogP contribution in [-0.4, -0.2) is 31.1 Å². The number of nitrogens with one attached hydrogen (secondary N) is 1. The average Bonchev–Trinajstić information content (AvgIpc) is 2.55. The summed E-state index contributed by atoms with van der Waals surface area (Å²) in [7, 11) is 0. The summed E-state index contributed by atoms with van der Waals surface area (Å²) >= 11 is 3.49. The number of rotatable bonds is 2. The molecule has 0 amide bonds. The van der Waals surface area contributed by atoms with Crippen LogP contribution in [0.25, 0.3) is 0 Å². The highest BCUT2D eigenvalue weighted by molar-refractivity contribution is 9.10. The first-order valence-electron chi connectivity index (χ1n) is 6.01. The molecule has 0 bridgehead atoms. The smallest absolute Gasteiger partial charge is 0.0472 e. The van der Waals surface area contributed by atoms with Gasteiger partial charge in [0, 0.05) is 17.1 Å². The van der Waals surface area contributed by atoms with Crippen molar-refractivity contribution in [3.05, 3.63) is 34.3 Å². The Kier molecular flexibility index (Phi) is 4.38.